The first-order chi connectivity index (χ1) is 11.8. The summed E-state index contributed by atoms with van der Waals surface area (Å²) in [5.41, 5.74) is 1.08. The lowest BCUT2D eigenvalue weighted by Gasteiger charge is -2.22. The minimum absolute atomic E-state index is 0.0846. The average Bonchev–Trinajstić information content (AvgIpc) is 3.35. The second kappa shape index (κ2) is 8.34. The number of carbonyl (C=O) groups is 2. The van der Waals surface area contributed by atoms with Gasteiger partial charge < -0.3 is 20.1 Å². The number of ether oxygens (including phenoxy) is 2. The van der Waals surface area contributed by atoms with E-state index < -0.39 is 11.7 Å². The molecule has 0 aliphatic heterocycles. The van der Waals surface area contributed by atoms with Crippen LogP contribution in [-0.2, 0) is 16.1 Å². The number of carbonyl (C=O) groups excluding carboxylic acids is 2. The summed E-state index contributed by atoms with van der Waals surface area (Å²) < 4.78 is 10.3. The first-order valence-electron chi connectivity index (χ1n) is 8.64. The Bertz CT molecular complexity index is 588. The molecule has 2 amide bonds. The lowest BCUT2D eigenvalue weighted by Crippen LogP contribution is -2.46. The summed E-state index contributed by atoms with van der Waals surface area (Å²) in [7, 11) is 1.64. The molecule has 6 heteroatoms. The summed E-state index contributed by atoms with van der Waals surface area (Å²) in [4.78, 5) is 24.2. The molecule has 1 aromatic rings. The Hall–Kier alpha value is -2.08. The fourth-order valence-corrected chi connectivity index (χ4v) is 2.51. The summed E-state index contributed by atoms with van der Waals surface area (Å²) in [5, 5.41) is 5.78. The van der Waals surface area contributed by atoms with Gasteiger partial charge in [-0.3, -0.25) is 4.79 Å². The molecule has 1 atom stereocenters. The molecule has 2 rings (SSSR count). The number of hydrogen-bond acceptors (Lipinski definition) is 4. The van der Waals surface area contributed by atoms with E-state index >= 15 is 0 Å². The molecule has 25 heavy (non-hydrogen) atoms. The van der Waals surface area contributed by atoms with Crippen molar-refractivity contribution in [1.29, 1.82) is 0 Å². The van der Waals surface area contributed by atoms with Crippen LogP contribution in [0.4, 0.5) is 4.79 Å². The number of nitrogens with one attached hydrogen (secondary N) is 2. The maximum atomic E-state index is 12.4. The van der Waals surface area contributed by atoms with Crippen LogP contribution in [0.3, 0.4) is 0 Å². The van der Waals surface area contributed by atoms with E-state index in [0.29, 0.717) is 24.6 Å². The van der Waals surface area contributed by atoms with Crippen molar-refractivity contribution in [3.63, 3.8) is 0 Å². The van der Waals surface area contributed by atoms with E-state index in [2.05, 4.69) is 10.6 Å². The smallest absolute Gasteiger partial charge is 0.407 e. The monoisotopic (exact) mass is 348 g/mol. The number of rotatable bonds is 7. The zero-order valence-corrected chi connectivity index (χ0v) is 15.4. The second-order valence-electron chi connectivity index (χ2n) is 7.43. The van der Waals surface area contributed by atoms with Crippen LogP contribution in [-0.4, -0.2) is 37.3 Å². The van der Waals surface area contributed by atoms with E-state index in [1.807, 2.05) is 32.9 Å². The number of alkyl carbamates (subject to hydrolysis) is 1. The van der Waals surface area contributed by atoms with Crippen LogP contribution in [0.2, 0.25) is 0 Å². The summed E-state index contributed by atoms with van der Waals surface area (Å²) in [6.07, 6.45) is 1.66. The minimum atomic E-state index is -0.535. The molecular formula is C19H28N2O4. The van der Waals surface area contributed by atoms with Crippen molar-refractivity contribution in [2.45, 2.75) is 51.9 Å². The zero-order valence-electron chi connectivity index (χ0n) is 15.4. The van der Waals surface area contributed by atoms with Gasteiger partial charge in [-0.25, -0.2) is 4.79 Å². The van der Waals surface area contributed by atoms with Crippen molar-refractivity contribution in [2.24, 2.45) is 5.92 Å². The summed E-state index contributed by atoms with van der Waals surface area (Å²) in [6, 6.07) is 7.25. The highest BCUT2D eigenvalue weighted by Crippen LogP contribution is 2.32. The van der Waals surface area contributed by atoms with E-state index in [4.69, 9.17) is 9.47 Å². The topological polar surface area (TPSA) is 76.7 Å². The van der Waals surface area contributed by atoms with E-state index in [0.717, 1.165) is 18.4 Å². The van der Waals surface area contributed by atoms with Crippen molar-refractivity contribution in [1.82, 2.24) is 10.6 Å². The lowest BCUT2D eigenvalue weighted by molar-refractivity contribution is 0.0518. The predicted molar refractivity (Wildman–Crippen MR) is 95.4 cm³/mol. The van der Waals surface area contributed by atoms with Gasteiger partial charge in [0.25, 0.3) is 5.91 Å². The summed E-state index contributed by atoms with van der Waals surface area (Å²) >= 11 is 0. The Morgan fingerprint density at radius 1 is 1.20 bits per heavy atom. The highest BCUT2D eigenvalue weighted by molar-refractivity contribution is 5.94. The quantitative estimate of drug-likeness (QED) is 0.794. The molecular weight excluding hydrogens is 320 g/mol. The van der Waals surface area contributed by atoms with Crippen molar-refractivity contribution < 1.29 is 19.1 Å². The third-order valence-corrected chi connectivity index (χ3v) is 3.90. The second-order valence-corrected chi connectivity index (χ2v) is 7.43. The van der Waals surface area contributed by atoms with Gasteiger partial charge in [0.05, 0.1) is 6.61 Å². The van der Waals surface area contributed by atoms with Gasteiger partial charge in [0.15, 0.2) is 0 Å². The molecule has 0 bridgehead atoms. The van der Waals surface area contributed by atoms with Gasteiger partial charge in [-0.1, -0.05) is 12.1 Å². The molecule has 138 valence electrons. The van der Waals surface area contributed by atoms with Crippen molar-refractivity contribution in [3.8, 4) is 0 Å². The van der Waals surface area contributed by atoms with E-state index in [9.17, 15) is 9.59 Å². The van der Waals surface area contributed by atoms with Gasteiger partial charge in [-0.05, 0) is 57.2 Å². The Labute approximate surface area is 149 Å². The van der Waals surface area contributed by atoms with Crippen molar-refractivity contribution in [3.05, 3.63) is 35.4 Å². The van der Waals surface area contributed by atoms with Crippen molar-refractivity contribution in [2.75, 3.05) is 13.7 Å². The molecule has 1 fully saturated rings. The summed E-state index contributed by atoms with van der Waals surface area (Å²) in [6.45, 7) is 6.35. The molecule has 0 radical (unpaired) electrons. The molecule has 6 nitrogen and oxygen atoms in total. The van der Waals surface area contributed by atoms with E-state index in [-0.39, 0.29) is 11.9 Å². The van der Waals surface area contributed by atoms with Crippen LogP contribution in [0, 0.1) is 5.92 Å². The molecule has 1 unspecified atom stereocenters. The predicted octanol–water partition coefficient (Wildman–Crippen LogP) is 2.87. The minimum Gasteiger partial charge on any atom is -0.444 e. The Balaban J connectivity index is 1.88. The molecule has 1 aliphatic carbocycles. The molecule has 2 N–H and O–H groups in total. The van der Waals surface area contributed by atoms with Gasteiger partial charge in [0.1, 0.15) is 5.60 Å². The van der Waals surface area contributed by atoms with Crippen LogP contribution in [0.1, 0.15) is 49.5 Å². The highest BCUT2D eigenvalue weighted by Gasteiger charge is 2.33. The van der Waals surface area contributed by atoms with Crippen LogP contribution in [0.25, 0.3) is 0 Å². The van der Waals surface area contributed by atoms with Gasteiger partial charge in [-0.2, -0.15) is 0 Å². The molecule has 0 heterocycles. The molecule has 1 aromatic carbocycles. The molecule has 1 saturated carbocycles. The number of methoxy groups -OCH3 is 1. The number of benzene rings is 1. The van der Waals surface area contributed by atoms with Gasteiger partial charge in [0.2, 0.25) is 0 Å². The standard InChI is InChI=1S/C19H28N2O4/c1-19(2,3)25-18(23)20-11-16(14-9-10-14)21-17(22)15-7-5-13(6-8-15)12-24-4/h5-8,14,16H,9-12H2,1-4H3,(H,20,23)(H,21,22). The Kier molecular flexibility index (Phi) is 6.42. The lowest BCUT2D eigenvalue weighted by atomic mass is 10.1. The fraction of sp³-hybridized carbons (Fsp3) is 0.579. The first-order valence-corrected chi connectivity index (χ1v) is 8.64. The average molecular weight is 348 g/mol. The molecule has 0 aromatic heterocycles. The number of hydrogen-bond donors (Lipinski definition) is 2. The van der Waals surface area contributed by atoms with E-state index in [1.165, 1.54) is 0 Å². The highest BCUT2D eigenvalue weighted by atomic mass is 16.6. The Morgan fingerprint density at radius 3 is 2.36 bits per heavy atom. The molecule has 1 aliphatic rings. The maximum Gasteiger partial charge on any atom is 0.407 e. The van der Waals surface area contributed by atoms with Gasteiger partial charge in [0, 0.05) is 25.3 Å². The first kappa shape index (κ1) is 19.2. The largest absolute Gasteiger partial charge is 0.444 e. The molecule has 0 saturated heterocycles. The number of amides is 2. The van der Waals surface area contributed by atoms with E-state index in [1.54, 1.807) is 19.2 Å². The van der Waals surface area contributed by atoms with Gasteiger partial charge >= 0.3 is 6.09 Å². The van der Waals surface area contributed by atoms with Crippen LogP contribution in [0.5, 0.6) is 0 Å². The molecule has 0 spiro atoms. The zero-order chi connectivity index (χ0) is 18.4. The fourth-order valence-electron chi connectivity index (χ4n) is 2.51. The maximum absolute atomic E-state index is 12.4. The third kappa shape index (κ3) is 6.74. The normalized spacial score (nSPS) is 15.4. The van der Waals surface area contributed by atoms with Crippen molar-refractivity contribution >= 4 is 12.0 Å². The SMILES string of the molecule is COCc1ccc(C(=O)NC(CNC(=O)OC(C)(C)C)C2CC2)cc1. The van der Waals surface area contributed by atoms with Gasteiger partial charge in [-0.15, -0.1) is 0 Å². The third-order valence-electron chi connectivity index (χ3n) is 3.90. The van der Waals surface area contributed by atoms with Crippen LogP contribution in [0.15, 0.2) is 24.3 Å². The summed E-state index contributed by atoms with van der Waals surface area (Å²) in [5.74, 6) is 0.276. The Morgan fingerprint density at radius 2 is 1.84 bits per heavy atom. The van der Waals surface area contributed by atoms with Crippen LogP contribution < -0.4 is 10.6 Å². The van der Waals surface area contributed by atoms with Crippen LogP contribution >= 0.6 is 0 Å².